The van der Waals surface area contributed by atoms with Crippen LogP contribution in [0.3, 0.4) is 0 Å². The first-order chi connectivity index (χ1) is 6.92. The van der Waals surface area contributed by atoms with E-state index in [0.717, 1.165) is 11.8 Å². The third kappa shape index (κ3) is 7.27. The van der Waals surface area contributed by atoms with Gasteiger partial charge in [-0.05, 0) is 51.4 Å². The molecular formula is C15H33N. The molecular weight excluding hydrogens is 194 g/mol. The number of hydrogen-bond donors (Lipinski definition) is 1. The van der Waals surface area contributed by atoms with Gasteiger partial charge in [0.05, 0.1) is 0 Å². The van der Waals surface area contributed by atoms with Gasteiger partial charge in [-0.3, -0.25) is 0 Å². The lowest BCUT2D eigenvalue weighted by Gasteiger charge is -2.37. The van der Waals surface area contributed by atoms with Gasteiger partial charge in [0.15, 0.2) is 0 Å². The smallest absolute Gasteiger partial charge is 0.00991 e. The van der Waals surface area contributed by atoms with Crippen LogP contribution < -0.4 is 5.32 Å². The van der Waals surface area contributed by atoms with Crippen LogP contribution in [-0.2, 0) is 0 Å². The molecule has 1 heteroatoms. The van der Waals surface area contributed by atoms with Gasteiger partial charge in [-0.2, -0.15) is 0 Å². The molecule has 0 bridgehead atoms. The number of rotatable bonds is 4. The summed E-state index contributed by atoms with van der Waals surface area (Å²) in [4.78, 5) is 0. The van der Waals surface area contributed by atoms with Crippen molar-refractivity contribution in [2.75, 3.05) is 0 Å². The van der Waals surface area contributed by atoms with Gasteiger partial charge >= 0.3 is 0 Å². The molecule has 0 aromatic carbocycles. The van der Waals surface area contributed by atoms with E-state index in [2.05, 4.69) is 67.6 Å². The Morgan fingerprint density at radius 1 is 0.875 bits per heavy atom. The fourth-order valence-electron chi connectivity index (χ4n) is 2.49. The molecule has 0 saturated carbocycles. The average Bonchev–Trinajstić information content (AvgIpc) is 1.94. The van der Waals surface area contributed by atoms with Crippen molar-refractivity contribution in [2.45, 2.75) is 80.3 Å². The largest absolute Gasteiger partial charge is 0.309 e. The predicted octanol–water partition coefficient (Wildman–Crippen LogP) is 4.47. The van der Waals surface area contributed by atoms with Crippen LogP contribution >= 0.6 is 0 Å². The molecule has 0 fully saturated rings. The van der Waals surface area contributed by atoms with E-state index in [4.69, 9.17) is 0 Å². The average molecular weight is 227 g/mol. The van der Waals surface area contributed by atoms with Crippen LogP contribution in [0.1, 0.15) is 68.7 Å². The maximum absolute atomic E-state index is 3.72. The van der Waals surface area contributed by atoms with E-state index in [1.54, 1.807) is 0 Å². The van der Waals surface area contributed by atoms with Gasteiger partial charge < -0.3 is 5.32 Å². The highest BCUT2D eigenvalue weighted by molar-refractivity contribution is 4.84. The van der Waals surface area contributed by atoms with Crippen LogP contribution in [0.25, 0.3) is 0 Å². The van der Waals surface area contributed by atoms with Gasteiger partial charge in [-0.1, -0.05) is 34.6 Å². The Kier molecular flexibility index (Phi) is 5.52. The molecule has 0 aliphatic rings. The van der Waals surface area contributed by atoms with Crippen molar-refractivity contribution in [1.82, 2.24) is 5.32 Å². The minimum Gasteiger partial charge on any atom is -0.309 e. The minimum atomic E-state index is 0.213. The number of nitrogens with one attached hydrogen (secondary N) is 1. The van der Waals surface area contributed by atoms with E-state index in [1.165, 1.54) is 6.42 Å². The summed E-state index contributed by atoms with van der Waals surface area (Å²) >= 11 is 0. The monoisotopic (exact) mass is 227 g/mol. The van der Waals surface area contributed by atoms with E-state index in [-0.39, 0.29) is 5.54 Å². The predicted molar refractivity (Wildman–Crippen MR) is 74.8 cm³/mol. The first kappa shape index (κ1) is 16.0. The summed E-state index contributed by atoms with van der Waals surface area (Å²) in [5.74, 6) is 1.49. The molecule has 0 saturated heterocycles. The molecule has 0 radical (unpaired) electrons. The molecule has 0 aromatic heterocycles. The van der Waals surface area contributed by atoms with E-state index >= 15 is 0 Å². The molecule has 2 atom stereocenters. The summed E-state index contributed by atoms with van der Waals surface area (Å²) in [5.41, 5.74) is 0.632. The van der Waals surface area contributed by atoms with Gasteiger partial charge in [0.2, 0.25) is 0 Å². The van der Waals surface area contributed by atoms with Gasteiger partial charge in [0.25, 0.3) is 0 Å². The molecule has 0 aliphatic heterocycles. The third-order valence-corrected chi connectivity index (χ3v) is 3.01. The van der Waals surface area contributed by atoms with Crippen LogP contribution in [0, 0.1) is 17.3 Å². The second-order valence-corrected chi connectivity index (χ2v) is 7.86. The highest BCUT2D eigenvalue weighted by atomic mass is 15.0. The van der Waals surface area contributed by atoms with Crippen molar-refractivity contribution in [3.8, 4) is 0 Å². The zero-order valence-corrected chi connectivity index (χ0v) is 12.9. The third-order valence-electron chi connectivity index (χ3n) is 3.01. The number of hydrogen-bond acceptors (Lipinski definition) is 1. The summed E-state index contributed by atoms with van der Waals surface area (Å²) in [5, 5.41) is 3.72. The van der Waals surface area contributed by atoms with Crippen molar-refractivity contribution >= 4 is 0 Å². The molecule has 0 rings (SSSR count). The Morgan fingerprint density at radius 3 is 1.56 bits per heavy atom. The summed E-state index contributed by atoms with van der Waals surface area (Å²) in [6.07, 6.45) is 1.29. The molecule has 0 heterocycles. The second kappa shape index (κ2) is 5.53. The van der Waals surface area contributed by atoms with Crippen LogP contribution in [-0.4, -0.2) is 11.6 Å². The highest BCUT2D eigenvalue weighted by Crippen LogP contribution is 2.31. The van der Waals surface area contributed by atoms with Crippen molar-refractivity contribution < 1.29 is 0 Å². The normalized spacial score (nSPS) is 17.6. The van der Waals surface area contributed by atoms with Crippen LogP contribution in [0.15, 0.2) is 0 Å². The van der Waals surface area contributed by atoms with Crippen molar-refractivity contribution in [3.05, 3.63) is 0 Å². The molecule has 1 N–H and O–H groups in total. The summed E-state index contributed by atoms with van der Waals surface area (Å²) in [6, 6.07) is 0.583. The van der Waals surface area contributed by atoms with Crippen LogP contribution in [0.4, 0.5) is 0 Å². The molecule has 0 aliphatic carbocycles. The van der Waals surface area contributed by atoms with E-state index < -0.39 is 0 Å². The van der Waals surface area contributed by atoms with Crippen LogP contribution in [0.5, 0.6) is 0 Å². The Bertz CT molecular complexity index is 192. The Balaban J connectivity index is 4.54. The molecule has 0 spiro atoms. The summed E-state index contributed by atoms with van der Waals surface area (Å²) < 4.78 is 0. The standard InChI is InChI=1S/C15H33N/c1-11(2)13(10-14(4,5)6)12(3)16-15(7,8)9/h11-13,16H,10H2,1-9H3. The summed E-state index contributed by atoms with van der Waals surface area (Å²) in [7, 11) is 0. The lowest BCUT2D eigenvalue weighted by atomic mass is 9.76. The Morgan fingerprint density at radius 2 is 1.31 bits per heavy atom. The highest BCUT2D eigenvalue weighted by Gasteiger charge is 2.28. The molecule has 1 nitrogen and oxygen atoms in total. The van der Waals surface area contributed by atoms with Crippen molar-refractivity contribution in [1.29, 1.82) is 0 Å². The van der Waals surface area contributed by atoms with Gasteiger partial charge in [0, 0.05) is 11.6 Å². The first-order valence-corrected chi connectivity index (χ1v) is 6.70. The van der Waals surface area contributed by atoms with Gasteiger partial charge in [-0.15, -0.1) is 0 Å². The second-order valence-electron chi connectivity index (χ2n) is 7.86. The maximum Gasteiger partial charge on any atom is 0.00991 e. The SMILES string of the molecule is CC(C)C(CC(C)(C)C)C(C)NC(C)(C)C. The molecule has 0 aromatic rings. The van der Waals surface area contributed by atoms with Crippen molar-refractivity contribution in [2.24, 2.45) is 17.3 Å². The van der Waals surface area contributed by atoms with Gasteiger partial charge in [-0.25, -0.2) is 0 Å². The lowest BCUT2D eigenvalue weighted by Crippen LogP contribution is -2.47. The topological polar surface area (TPSA) is 12.0 Å². The van der Waals surface area contributed by atoms with Gasteiger partial charge in [0.1, 0.15) is 0 Å². The lowest BCUT2D eigenvalue weighted by molar-refractivity contribution is 0.177. The Hall–Kier alpha value is -0.0400. The quantitative estimate of drug-likeness (QED) is 0.747. The zero-order valence-electron chi connectivity index (χ0n) is 12.9. The van der Waals surface area contributed by atoms with Crippen LogP contribution in [0.2, 0.25) is 0 Å². The Labute approximate surface area is 103 Å². The molecule has 0 amide bonds. The molecule has 2 unspecified atom stereocenters. The fourth-order valence-corrected chi connectivity index (χ4v) is 2.49. The minimum absolute atomic E-state index is 0.213. The first-order valence-electron chi connectivity index (χ1n) is 6.70. The van der Waals surface area contributed by atoms with Crippen molar-refractivity contribution in [3.63, 3.8) is 0 Å². The maximum atomic E-state index is 3.72. The zero-order chi connectivity index (χ0) is 13.1. The van der Waals surface area contributed by atoms with E-state index in [1.807, 2.05) is 0 Å². The fraction of sp³-hybridized carbons (Fsp3) is 1.00. The summed E-state index contributed by atoms with van der Waals surface area (Å²) in [6.45, 7) is 20.8. The molecule has 98 valence electrons. The van der Waals surface area contributed by atoms with E-state index in [9.17, 15) is 0 Å². The van der Waals surface area contributed by atoms with E-state index in [0.29, 0.717) is 11.5 Å². The molecule has 16 heavy (non-hydrogen) atoms.